The fourth-order valence-corrected chi connectivity index (χ4v) is 2.03. The van der Waals surface area contributed by atoms with Crippen molar-refractivity contribution in [2.24, 2.45) is 0 Å². The second-order valence-corrected chi connectivity index (χ2v) is 4.27. The molecule has 0 aliphatic heterocycles. The summed E-state index contributed by atoms with van der Waals surface area (Å²) in [6.45, 7) is 1.95. The third-order valence-electron chi connectivity index (χ3n) is 2.91. The second-order valence-electron chi connectivity index (χ2n) is 4.27. The molecule has 0 saturated heterocycles. The van der Waals surface area contributed by atoms with Crippen molar-refractivity contribution in [2.75, 3.05) is 0 Å². The number of pyridine rings is 1. The molecule has 1 aromatic carbocycles. The predicted molar refractivity (Wildman–Crippen MR) is 70.6 cm³/mol. The number of hydrogen-bond acceptors (Lipinski definition) is 3. The van der Waals surface area contributed by atoms with E-state index in [-0.39, 0.29) is 5.69 Å². The van der Waals surface area contributed by atoms with Crippen LogP contribution in [0, 0.1) is 6.92 Å². The highest BCUT2D eigenvalue weighted by atomic mass is 16.4. The number of benzene rings is 1. The smallest absolute Gasteiger partial charge is 0.357 e. The Morgan fingerprint density at radius 2 is 2.05 bits per heavy atom. The van der Waals surface area contributed by atoms with Crippen LogP contribution in [0.25, 0.3) is 16.7 Å². The fourth-order valence-electron chi connectivity index (χ4n) is 2.03. The number of aromatic nitrogens is 3. The van der Waals surface area contributed by atoms with Crippen LogP contribution in [0.15, 0.2) is 42.6 Å². The molecule has 0 aliphatic carbocycles. The minimum absolute atomic E-state index is 0.0407. The first-order chi connectivity index (χ1) is 9.16. The van der Waals surface area contributed by atoms with Gasteiger partial charge in [-0.25, -0.2) is 14.5 Å². The zero-order valence-corrected chi connectivity index (χ0v) is 10.2. The van der Waals surface area contributed by atoms with Crippen molar-refractivity contribution in [1.82, 2.24) is 14.8 Å². The first-order valence-electron chi connectivity index (χ1n) is 5.81. The van der Waals surface area contributed by atoms with Gasteiger partial charge in [-0.1, -0.05) is 18.2 Å². The molecule has 0 bridgehead atoms. The summed E-state index contributed by atoms with van der Waals surface area (Å²) < 4.78 is 1.56. The van der Waals surface area contributed by atoms with Gasteiger partial charge in [-0.3, -0.25) is 0 Å². The molecule has 1 N–H and O–H groups in total. The topological polar surface area (TPSA) is 68.0 Å². The number of carbonyl (C=O) groups is 1. The Balaban J connectivity index is 2.33. The van der Waals surface area contributed by atoms with E-state index < -0.39 is 5.97 Å². The van der Waals surface area contributed by atoms with Gasteiger partial charge in [-0.15, -0.1) is 0 Å². The molecule has 0 amide bonds. The van der Waals surface area contributed by atoms with Crippen LogP contribution in [0.5, 0.6) is 0 Å². The van der Waals surface area contributed by atoms with Crippen LogP contribution in [0.2, 0.25) is 0 Å². The summed E-state index contributed by atoms with van der Waals surface area (Å²) in [5, 5.41) is 14.0. The Morgan fingerprint density at radius 3 is 2.79 bits per heavy atom. The minimum Gasteiger partial charge on any atom is -0.476 e. The zero-order chi connectivity index (χ0) is 13.4. The number of nitrogens with zero attached hydrogens (tertiary/aromatic N) is 3. The van der Waals surface area contributed by atoms with Crippen molar-refractivity contribution in [2.45, 2.75) is 6.92 Å². The van der Waals surface area contributed by atoms with Gasteiger partial charge in [0, 0.05) is 11.6 Å². The van der Waals surface area contributed by atoms with Crippen molar-refractivity contribution < 1.29 is 9.90 Å². The highest BCUT2D eigenvalue weighted by Gasteiger charge is 2.17. The van der Waals surface area contributed by atoms with Crippen molar-refractivity contribution in [1.29, 1.82) is 0 Å². The lowest BCUT2D eigenvalue weighted by Crippen LogP contribution is -2.03. The summed E-state index contributed by atoms with van der Waals surface area (Å²) in [6.07, 6.45) is 1.68. The van der Waals surface area contributed by atoms with Crippen molar-refractivity contribution in [3.63, 3.8) is 0 Å². The second kappa shape index (κ2) is 4.20. The highest BCUT2D eigenvalue weighted by molar-refractivity contribution is 6.01. The van der Waals surface area contributed by atoms with Crippen LogP contribution >= 0.6 is 0 Å². The maximum absolute atomic E-state index is 11.2. The Labute approximate surface area is 109 Å². The molecule has 2 aromatic heterocycles. The summed E-state index contributed by atoms with van der Waals surface area (Å²) in [5.74, 6) is -0.425. The number of hydrogen-bond donors (Lipinski definition) is 1. The van der Waals surface area contributed by atoms with E-state index in [1.807, 2.05) is 31.2 Å². The quantitative estimate of drug-likeness (QED) is 0.761. The van der Waals surface area contributed by atoms with Gasteiger partial charge in [0.05, 0.1) is 5.52 Å². The highest BCUT2D eigenvalue weighted by Crippen LogP contribution is 2.21. The molecule has 0 fully saturated rings. The lowest BCUT2D eigenvalue weighted by molar-refractivity contribution is 0.0692. The lowest BCUT2D eigenvalue weighted by atomic mass is 10.2. The molecule has 3 rings (SSSR count). The molecular weight excluding hydrogens is 242 g/mol. The SMILES string of the molecule is Cc1ccnc(-n2nc(C(=O)O)c3ccccc32)c1. The van der Waals surface area contributed by atoms with Crippen LogP contribution in [0.1, 0.15) is 16.1 Å². The fraction of sp³-hybridized carbons (Fsp3) is 0.0714. The largest absolute Gasteiger partial charge is 0.476 e. The van der Waals surface area contributed by atoms with E-state index in [0.717, 1.165) is 11.1 Å². The minimum atomic E-state index is -1.04. The van der Waals surface area contributed by atoms with E-state index >= 15 is 0 Å². The lowest BCUT2D eigenvalue weighted by Gasteiger charge is -2.02. The van der Waals surface area contributed by atoms with E-state index in [1.54, 1.807) is 23.0 Å². The average Bonchev–Trinajstić information content (AvgIpc) is 2.78. The van der Waals surface area contributed by atoms with Crippen molar-refractivity contribution in [3.05, 3.63) is 53.9 Å². The Bertz CT molecular complexity index is 777. The van der Waals surface area contributed by atoms with Gasteiger partial charge >= 0.3 is 5.97 Å². The molecular formula is C14H11N3O2. The van der Waals surface area contributed by atoms with Gasteiger partial charge in [0.15, 0.2) is 11.5 Å². The monoisotopic (exact) mass is 253 g/mol. The Kier molecular flexibility index (Phi) is 2.52. The molecule has 0 saturated carbocycles. The predicted octanol–water partition coefficient (Wildman–Crippen LogP) is 2.43. The first-order valence-corrected chi connectivity index (χ1v) is 5.81. The van der Waals surface area contributed by atoms with Gasteiger partial charge in [0.25, 0.3) is 0 Å². The van der Waals surface area contributed by atoms with Crippen LogP contribution in [0.4, 0.5) is 0 Å². The van der Waals surface area contributed by atoms with Gasteiger partial charge in [0.1, 0.15) is 0 Å². The maximum atomic E-state index is 11.2. The van der Waals surface area contributed by atoms with Crippen LogP contribution in [-0.2, 0) is 0 Å². The molecule has 0 atom stereocenters. The van der Waals surface area contributed by atoms with Crippen molar-refractivity contribution >= 4 is 16.9 Å². The molecule has 0 radical (unpaired) electrons. The summed E-state index contributed by atoms with van der Waals surface area (Å²) in [7, 11) is 0. The normalized spacial score (nSPS) is 10.8. The van der Waals surface area contributed by atoms with Gasteiger partial charge < -0.3 is 5.11 Å². The van der Waals surface area contributed by atoms with E-state index in [2.05, 4.69) is 10.1 Å². The number of rotatable bonds is 2. The molecule has 19 heavy (non-hydrogen) atoms. The molecule has 2 heterocycles. The summed E-state index contributed by atoms with van der Waals surface area (Å²) >= 11 is 0. The van der Waals surface area contributed by atoms with Crippen molar-refractivity contribution in [3.8, 4) is 5.82 Å². The molecule has 0 spiro atoms. The van der Waals surface area contributed by atoms with E-state index in [9.17, 15) is 9.90 Å². The molecule has 94 valence electrons. The number of carboxylic acids is 1. The molecule has 0 unspecified atom stereocenters. The zero-order valence-electron chi connectivity index (χ0n) is 10.2. The Hall–Kier alpha value is -2.69. The van der Waals surface area contributed by atoms with E-state index in [4.69, 9.17) is 0 Å². The Morgan fingerprint density at radius 1 is 1.26 bits per heavy atom. The van der Waals surface area contributed by atoms with E-state index in [1.165, 1.54) is 0 Å². The summed E-state index contributed by atoms with van der Waals surface area (Å²) in [6, 6.07) is 11.0. The molecule has 5 heteroatoms. The third-order valence-corrected chi connectivity index (χ3v) is 2.91. The summed E-state index contributed by atoms with van der Waals surface area (Å²) in [5.41, 5.74) is 1.82. The standard InChI is InChI=1S/C14H11N3O2/c1-9-6-7-15-12(8-9)17-11-5-3-2-4-10(11)13(16-17)14(18)19/h2-8H,1H3,(H,18,19). The molecule has 0 aliphatic rings. The van der Waals surface area contributed by atoms with Crippen LogP contribution in [-0.4, -0.2) is 25.8 Å². The van der Waals surface area contributed by atoms with Gasteiger partial charge in [0.2, 0.25) is 0 Å². The number of fused-ring (bicyclic) bond motifs is 1. The van der Waals surface area contributed by atoms with Crippen LogP contribution < -0.4 is 0 Å². The summed E-state index contributed by atoms with van der Waals surface area (Å²) in [4.78, 5) is 15.5. The first kappa shape index (κ1) is 11.4. The number of aryl methyl sites for hydroxylation is 1. The molecule has 3 aromatic rings. The maximum Gasteiger partial charge on any atom is 0.357 e. The molecule has 5 nitrogen and oxygen atoms in total. The number of carboxylic acid groups (broad SMARTS) is 1. The van der Waals surface area contributed by atoms with E-state index in [0.29, 0.717) is 11.2 Å². The van der Waals surface area contributed by atoms with Gasteiger partial charge in [-0.05, 0) is 30.7 Å². The number of aromatic carboxylic acids is 1. The number of para-hydroxylation sites is 1. The third kappa shape index (κ3) is 1.85. The average molecular weight is 253 g/mol. The van der Waals surface area contributed by atoms with Crippen LogP contribution in [0.3, 0.4) is 0 Å². The van der Waals surface area contributed by atoms with Gasteiger partial charge in [-0.2, -0.15) is 5.10 Å².